The first kappa shape index (κ1) is 18.0. The van der Waals surface area contributed by atoms with Crippen LogP contribution in [-0.4, -0.2) is 35.7 Å². The Morgan fingerprint density at radius 1 is 1.14 bits per heavy atom. The summed E-state index contributed by atoms with van der Waals surface area (Å²) in [6.45, 7) is 9.42. The monoisotopic (exact) mass is 307 g/mol. The molecular formula is C17H25NO4. The Balaban J connectivity index is 0.000000239. The molecular weight excluding hydrogens is 282 g/mol. The Hall–Kier alpha value is -2.04. The zero-order valence-electron chi connectivity index (χ0n) is 13.8. The van der Waals surface area contributed by atoms with Gasteiger partial charge < -0.3 is 14.4 Å². The Labute approximate surface area is 132 Å². The fourth-order valence-corrected chi connectivity index (χ4v) is 1.46. The van der Waals surface area contributed by atoms with Crippen LogP contribution < -0.4 is 0 Å². The van der Waals surface area contributed by atoms with Gasteiger partial charge in [-0.15, -0.1) is 0 Å². The zero-order chi connectivity index (χ0) is 16.6. The van der Waals surface area contributed by atoms with Gasteiger partial charge in [0, 0.05) is 19.5 Å². The summed E-state index contributed by atoms with van der Waals surface area (Å²) in [6, 6.07) is 9.68. The molecule has 2 rings (SSSR count). The summed E-state index contributed by atoms with van der Waals surface area (Å²) < 4.78 is 9.99. The Kier molecular flexibility index (Phi) is 6.89. The van der Waals surface area contributed by atoms with Crippen LogP contribution in [0.1, 0.15) is 39.7 Å². The predicted octanol–water partition coefficient (Wildman–Crippen LogP) is 3.38. The molecule has 0 aliphatic carbocycles. The summed E-state index contributed by atoms with van der Waals surface area (Å²) in [5, 5.41) is 0. The Morgan fingerprint density at radius 2 is 1.73 bits per heavy atom. The molecule has 122 valence electrons. The van der Waals surface area contributed by atoms with Crippen molar-refractivity contribution in [1.29, 1.82) is 0 Å². The third-order valence-electron chi connectivity index (χ3n) is 2.62. The summed E-state index contributed by atoms with van der Waals surface area (Å²) >= 11 is 0. The van der Waals surface area contributed by atoms with E-state index < -0.39 is 0 Å². The molecule has 0 bridgehead atoms. The molecule has 0 radical (unpaired) electrons. The van der Waals surface area contributed by atoms with Crippen LogP contribution in [0.15, 0.2) is 30.3 Å². The average molecular weight is 307 g/mol. The Bertz CT molecular complexity index is 475. The van der Waals surface area contributed by atoms with E-state index in [1.54, 1.807) is 11.8 Å². The lowest BCUT2D eigenvalue weighted by atomic mass is 10.2. The fourth-order valence-electron chi connectivity index (χ4n) is 1.46. The number of amides is 1. The molecule has 0 spiro atoms. The van der Waals surface area contributed by atoms with Crippen LogP contribution in [0, 0.1) is 0 Å². The molecule has 1 aliphatic rings. The molecule has 0 N–H and O–H groups in total. The number of nitrogens with zero attached hydrogens (tertiary/aromatic N) is 1. The lowest BCUT2D eigenvalue weighted by Crippen LogP contribution is -2.23. The van der Waals surface area contributed by atoms with Crippen LogP contribution >= 0.6 is 0 Å². The smallest absolute Gasteiger partial charge is 0.410 e. The highest BCUT2D eigenvalue weighted by atomic mass is 16.6. The first-order valence-corrected chi connectivity index (χ1v) is 7.49. The number of carbonyl (C=O) groups is 2. The molecule has 0 saturated carbocycles. The number of ether oxygens (including phenoxy) is 2. The van der Waals surface area contributed by atoms with E-state index in [1.165, 1.54) is 0 Å². The van der Waals surface area contributed by atoms with Crippen molar-refractivity contribution in [1.82, 2.24) is 4.90 Å². The molecule has 1 heterocycles. The van der Waals surface area contributed by atoms with Gasteiger partial charge in [-0.25, -0.2) is 4.79 Å². The maximum Gasteiger partial charge on any atom is 0.410 e. The van der Waals surface area contributed by atoms with Crippen molar-refractivity contribution >= 4 is 12.1 Å². The van der Waals surface area contributed by atoms with E-state index in [-0.39, 0.29) is 17.7 Å². The SMILES string of the molecule is CCC(=O)OC(C)(C)C.O=C(OCc1ccccc1)N1CC1. The number of hydrogen-bond acceptors (Lipinski definition) is 4. The molecule has 22 heavy (non-hydrogen) atoms. The second kappa shape index (κ2) is 8.41. The number of hydrogen-bond donors (Lipinski definition) is 0. The molecule has 1 aromatic carbocycles. The molecule has 0 unspecified atom stereocenters. The third-order valence-corrected chi connectivity index (χ3v) is 2.62. The van der Waals surface area contributed by atoms with Crippen molar-refractivity contribution in [3.8, 4) is 0 Å². The van der Waals surface area contributed by atoms with Crippen molar-refractivity contribution in [3.05, 3.63) is 35.9 Å². The van der Waals surface area contributed by atoms with Gasteiger partial charge in [-0.2, -0.15) is 0 Å². The van der Waals surface area contributed by atoms with E-state index >= 15 is 0 Å². The van der Waals surface area contributed by atoms with Crippen molar-refractivity contribution in [2.75, 3.05) is 13.1 Å². The summed E-state index contributed by atoms with van der Waals surface area (Å²) in [6.07, 6.45) is 0.251. The first-order valence-electron chi connectivity index (χ1n) is 7.49. The topological polar surface area (TPSA) is 55.6 Å². The average Bonchev–Trinajstić information content (AvgIpc) is 3.29. The molecule has 5 heteroatoms. The van der Waals surface area contributed by atoms with Gasteiger partial charge in [-0.3, -0.25) is 4.79 Å². The van der Waals surface area contributed by atoms with E-state index in [4.69, 9.17) is 9.47 Å². The van der Waals surface area contributed by atoms with Gasteiger partial charge in [0.15, 0.2) is 0 Å². The minimum Gasteiger partial charge on any atom is -0.460 e. The normalized spacial score (nSPS) is 12.8. The summed E-state index contributed by atoms with van der Waals surface area (Å²) in [4.78, 5) is 23.3. The van der Waals surface area contributed by atoms with Crippen LogP contribution in [0.3, 0.4) is 0 Å². The van der Waals surface area contributed by atoms with E-state index in [1.807, 2.05) is 51.1 Å². The maximum atomic E-state index is 11.1. The van der Waals surface area contributed by atoms with E-state index in [2.05, 4.69) is 0 Å². The van der Waals surface area contributed by atoms with Crippen molar-refractivity contribution < 1.29 is 19.1 Å². The van der Waals surface area contributed by atoms with Crippen LogP contribution in [0.4, 0.5) is 4.79 Å². The lowest BCUT2D eigenvalue weighted by molar-refractivity contribution is -0.154. The van der Waals surface area contributed by atoms with Crippen molar-refractivity contribution in [3.63, 3.8) is 0 Å². The molecule has 0 aromatic heterocycles. The molecule has 1 fully saturated rings. The highest BCUT2D eigenvalue weighted by Crippen LogP contribution is 2.08. The second-order valence-corrected chi connectivity index (χ2v) is 5.97. The number of rotatable bonds is 3. The highest BCUT2D eigenvalue weighted by molar-refractivity contribution is 5.70. The molecule has 1 aromatic rings. The Morgan fingerprint density at radius 3 is 2.14 bits per heavy atom. The summed E-state index contributed by atoms with van der Waals surface area (Å²) in [5.41, 5.74) is 0.699. The van der Waals surface area contributed by atoms with Gasteiger partial charge in [0.25, 0.3) is 0 Å². The van der Waals surface area contributed by atoms with Crippen LogP contribution in [0.25, 0.3) is 0 Å². The molecule has 1 amide bonds. The predicted molar refractivity (Wildman–Crippen MR) is 84.3 cm³/mol. The molecule has 1 saturated heterocycles. The highest BCUT2D eigenvalue weighted by Gasteiger charge is 2.25. The molecule has 0 atom stereocenters. The van der Waals surface area contributed by atoms with Gasteiger partial charge in [0.05, 0.1) is 0 Å². The van der Waals surface area contributed by atoms with E-state index in [0.29, 0.717) is 13.0 Å². The maximum absolute atomic E-state index is 11.1. The first-order chi connectivity index (χ1) is 10.3. The minimum atomic E-state index is -0.326. The summed E-state index contributed by atoms with van der Waals surface area (Å²) in [7, 11) is 0. The summed E-state index contributed by atoms with van der Waals surface area (Å²) in [5.74, 6) is -0.137. The van der Waals surface area contributed by atoms with Gasteiger partial charge >= 0.3 is 12.1 Å². The number of benzene rings is 1. The van der Waals surface area contributed by atoms with E-state index in [0.717, 1.165) is 18.7 Å². The molecule has 5 nitrogen and oxygen atoms in total. The number of carbonyl (C=O) groups excluding carboxylic acids is 2. The van der Waals surface area contributed by atoms with Crippen molar-refractivity contribution in [2.45, 2.75) is 46.3 Å². The third kappa shape index (κ3) is 8.29. The van der Waals surface area contributed by atoms with Gasteiger partial charge in [0.2, 0.25) is 0 Å². The van der Waals surface area contributed by atoms with Crippen LogP contribution in [0.2, 0.25) is 0 Å². The second-order valence-electron chi connectivity index (χ2n) is 5.97. The van der Waals surface area contributed by atoms with Gasteiger partial charge in [0.1, 0.15) is 12.2 Å². The van der Waals surface area contributed by atoms with Gasteiger partial charge in [-0.1, -0.05) is 37.3 Å². The number of esters is 1. The quantitative estimate of drug-likeness (QED) is 0.634. The van der Waals surface area contributed by atoms with Crippen molar-refractivity contribution in [2.24, 2.45) is 0 Å². The van der Waals surface area contributed by atoms with Gasteiger partial charge in [-0.05, 0) is 26.3 Å². The fraction of sp³-hybridized carbons (Fsp3) is 0.529. The standard InChI is InChI=1S/C10H11NO2.C7H14O2/c12-10(11-6-7-11)13-8-9-4-2-1-3-5-9;1-5-6(8)9-7(2,3)4/h1-5H,6-8H2;5H2,1-4H3. The lowest BCUT2D eigenvalue weighted by Gasteiger charge is -2.18. The van der Waals surface area contributed by atoms with Crippen LogP contribution in [-0.2, 0) is 20.9 Å². The zero-order valence-corrected chi connectivity index (χ0v) is 13.8. The largest absolute Gasteiger partial charge is 0.460 e. The minimum absolute atomic E-state index is 0.137. The van der Waals surface area contributed by atoms with Crippen LogP contribution in [0.5, 0.6) is 0 Å². The molecule has 1 aliphatic heterocycles. The van der Waals surface area contributed by atoms with E-state index in [9.17, 15) is 9.59 Å².